The maximum atomic E-state index is 14.0. The van der Waals surface area contributed by atoms with Gasteiger partial charge < -0.3 is 14.8 Å². The van der Waals surface area contributed by atoms with Gasteiger partial charge in [0.15, 0.2) is 6.10 Å². The third-order valence-corrected chi connectivity index (χ3v) is 8.52. The molecule has 2 aromatic carbocycles. The van der Waals surface area contributed by atoms with Gasteiger partial charge in [0.1, 0.15) is 6.54 Å². The summed E-state index contributed by atoms with van der Waals surface area (Å²) < 4.78 is 10.5. The number of Topliss-reactive ketones (excluding diaryl/α,β-unsaturated/α-hetero) is 1. The van der Waals surface area contributed by atoms with E-state index in [1.54, 1.807) is 18.2 Å². The Hall–Kier alpha value is -4.58. The highest BCUT2D eigenvalue weighted by Crippen LogP contribution is 2.33. The normalized spacial score (nSPS) is 14.6. The second-order valence-electron chi connectivity index (χ2n) is 11.9. The average molecular weight is 698 g/mol. The Morgan fingerprint density at radius 3 is 2.04 bits per heavy atom. The molecule has 13 heteroatoms. The van der Waals surface area contributed by atoms with Gasteiger partial charge in [0, 0.05) is 18.2 Å². The second kappa shape index (κ2) is 18.8. The first kappa shape index (κ1) is 38.9. The number of hydrogen-bond acceptors (Lipinski definition) is 9. The van der Waals surface area contributed by atoms with Crippen LogP contribution in [0.4, 0.5) is 10.5 Å². The van der Waals surface area contributed by atoms with E-state index in [0.29, 0.717) is 11.3 Å². The van der Waals surface area contributed by atoms with E-state index in [9.17, 15) is 33.6 Å². The number of benzene rings is 2. The summed E-state index contributed by atoms with van der Waals surface area (Å²) in [5.41, 5.74) is -0.294. The van der Waals surface area contributed by atoms with Gasteiger partial charge in [-0.25, -0.2) is 19.3 Å². The summed E-state index contributed by atoms with van der Waals surface area (Å²) in [6, 6.07) is 11.5. The van der Waals surface area contributed by atoms with E-state index in [1.165, 1.54) is 75.8 Å². The highest BCUT2D eigenvalue weighted by atomic mass is 35.5. The molecule has 12 nitrogen and oxygen atoms in total. The van der Waals surface area contributed by atoms with Gasteiger partial charge in [-0.3, -0.25) is 24.1 Å². The molecule has 0 spiro atoms. The van der Waals surface area contributed by atoms with Crippen LogP contribution in [-0.2, 0) is 28.7 Å². The lowest BCUT2D eigenvalue weighted by Gasteiger charge is -2.32. The molecule has 1 fully saturated rings. The van der Waals surface area contributed by atoms with Crippen LogP contribution in [0.3, 0.4) is 0 Å². The van der Waals surface area contributed by atoms with Gasteiger partial charge in [0.2, 0.25) is 11.7 Å². The molecular weight excluding hydrogens is 654 g/mol. The molecule has 1 aliphatic rings. The van der Waals surface area contributed by atoms with E-state index in [4.69, 9.17) is 21.1 Å². The number of halogens is 1. The molecule has 5 amide bonds. The van der Waals surface area contributed by atoms with Crippen LogP contribution in [0.25, 0.3) is 0 Å². The summed E-state index contributed by atoms with van der Waals surface area (Å²) in [6.07, 6.45) is 10.0. The number of esters is 2. The quantitative estimate of drug-likeness (QED) is 0.0340. The Kier molecular flexibility index (Phi) is 14.9. The Morgan fingerprint density at radius 2 is 1.45 bits per heavy atom. The number of amides is 5. The van der Waals surface area contributed by atoms with Gasteiger partial charge in [-0.05, 0) is 37.6 Å². The predicted octanol–water partition coefficient (Wildman–Crippen LogP) is 6.26. The first-order valence-corrected chi connectivity index (χ1v) is 17.0. The van der Waals surface area contributed by atoms with Gasteiger partial charge in [-0.15, -0.1) is 0 Å². The maximum absolute atomic E-state index is 14.0. The molecule has 2 atom stereocenters. The van der Waals surface area contributed by atoms with Crippen LogP contribution in [0.15, 0.2) is 54.6 Å². The van der Waals surface area contributed by atoms with Crippen molar-refractivity contribution in [3.63, 3.8) is 0 Å². The molecule has 0 aliphatic carbocycles. The number of nitrogens with one attached hydrogen (secondary N) is 1. The van der Waals surface area contributed by atoms with E-state index in [0.717, 1.165) is 32.3 Å². The standard InChI is InChI=1S/C36H44ClN3O9/c1-4-5-6-7-8-9-10-11-12-16-22-48-32(44)25(2)49-33(45)28-19-17-18-27(23-28)31(43)36(37,34(46)38-29-20-14-13-15-21-29)40-30(42)24-39(26(3)41)35(40)47/h13-15,17-21,23,25H,4-12,16,22,24H2,1-3H3,(H,38,46). The van der Waals surface area contributed by atoms with Crippen molar-refractivity contribution in [3.05, 3.63) is 65.7 Å². The van der Waals surface area contributed by atoms with Gasteiger partial charge in [0.05, 0.1) is 12.2 Å². The van der Waals surface area contributed by atoms with E-state index >= 15 is 0 Å². The molecule has 2 unspecified atom stereocenters. The Labute approximate surface area is 291 Å². The summed E-state index contributed by atoms with van der Waals surface area (Å²) >= 11 is 6.67. The number of carbonyl (C=O) groups excluding carboxylic acids is 7. The topological polar surface area (TPSA) is 156 Å². The van der Waals surface area contributed by atoms with Gasteiger partial charge >= 0.3 is 18.0 Å². The summed E-state index contributed by atoms with van der Waals surface area (Å²) in [6.45, 7) is 4.06. The Morgan fingerprint density at radius 1 is 0.857 bits per heavy atom. The molecule has 0 radical (unpaired) electrons. The zero-order valence-electron chi connectivity index (χ0n) is 28.2. The summed E-state index contributed by atoms with van der Waals surface area (Å²) in [5.74, 6) is -6.03. The van der Waals surface area contributed by atoms with Crippen LogP contribution in [-0.4, -0.2) is 75.5 Å². The molecule has 2 aromatic rings. The number of ketones is 1. The molecule has 0 saturated carbocycles. The van der Waals surface area contributed by atoms with Gasteiger partial charge in [-0.1, -0.05) is 107 Å². The number of hydrogen-bond donors (Lipinski definition) is 1. The molecular formula is C36H44ClN3O9. The van der Waals surface area contributed by atoms with Crippen molar-refractivity contribution < 1.29 is 43.0 Å². The number of nitrogens with zero attached hydrogens (tertiary/aromatic N) is 2. The molecule has 0 aromatic heterocycles. The Balaban J connectivity index is 1.65. The number of para-hydroxylation sites is 1. The molecule has 49 heavy (non-hydrogen) atoms. The van der Waals surface area contributed by atoms with Crippen molar-refractivity contribution >= 4 is 58.8 Å². The smallest absolute Gasteiger partial charge is 0.347 e. The fraction of sp³-hybridized carbons (Fsp3) is 0.472. The van der Waals surface area contributed by atoms with Crippen LogP contribution < -0.4 is 5.32 Å². The van der Waals surface area contributed by atoms with Crippen molar-refractivity contribution in [1.29, 1.82) is 0 Å². The van der Waals surface area contributed by atoms with E-state index in [-0.39, 0.29) is 28.3 Å². The molecule has 1 N–H and O–H groups in total. The van der Waals surface area contributed by atoms with Crippen molar-refractivity contribution in [1.82, 2.24) is 9.80 Å². The molecule has 1 aliphatic heterocycles. The van der Waals surface area contributed by atoms with Gasteiger partial charge in [-0.2, -0.15) is 0 Å². The maximum Gasteiger partial charge on any atom is 0.347 e. The van der Waals surface area contributed by atoms with Gasteiger partial charge in [0.25, 0.3) is 16.8 Å². The first-order valence-electron chi connectivity index (χ1n) is 16.6. The molecule has 264 valence electrons. The van der Waals surface area contributed by atoms with Crippen molar-refractivity contribution in [3.8, 4) is 0 Å². The fourth-order valence-electron chi connectivity index (χ4n) is 5.23. The fourth-order valence-corrected chi connectivity index (χ4v) is 5.55. The number of alkyl halides is 1. The van der Waals surface area contributed by atoms with Crippen molar-refractivity contribution in [2.45, 2.75) is 96.1 Å². The molecule has 0 bridgehead atoms. The minimum Gasteiger partial charge on any atom is -0.463 e. The highest BCUT2D eigenvalue weighted by Gasteiger charge is 2.59. The van der Waals surface area contributed by atoms with E-state index in [2.05, 4.69) is 12.2 Å². The summed E-state index contributed by atoms with van der Waals surface area (Å²) in [7, 11) is 0. The van der Waals surface area contributed by atoms with E-state index in [1.807, 2.05) is 0 Å². The SMILES string of the molecule is CCCCCCCCCCCCOC(=O)C(C)OC(=O)c1cccc(C(=O)C(Cl)(C(=O)Nc2ccccc2)N2C(=O)CN(C(C)=O)C2=O)c1. The average Bonchev–Trinajstić information content (AvgIpc) is 3.40. The zero-order chi connectivity index (χ0) is 36.0. The third-order valence-electron chi connectivity index (χ3n) is 8.01. The molecule has 3 rings (SSSR count). The number of urea groups is 1. The van der Waals surface area contributed by atoms with E-state index < -0.39 is 59.1 Å². The number of rotatable bonds is 19. The monoisotopic (exact) mass is 697 g/mol. The minimum absolute atomic E-state index is 0.174. The van der Waals surface area contributed by atoms with Crippen LogP contribution in [0.2, 0.25) is 0 Å². The predicted molar refractivity (Wildman–Crippen MR) is 182 cm³/mol. The number of anilines is 1. The van der Waals surface area contributed by atoms with Crippen molar-refractivity contribution in [2.75, 3.05) is 18.5 Å². The molecule has 1 heterocycles. The first-order chi connectivity index (χ1) is 23.4. The van der Waals surface area contributed by atoms with Crippen LogP contribution in [0.5, 0.6) is 0 Å². The Bertz CT molecular complexity index is 1520. The summed E-state index contributed by atoms with van der Waals surface area (Å²) in [4.78, 5) is 88.9. The molecule has 1 saturated heterocycles. The second-order valence-corrected chi connectivity index (χ2v) is 12.4. The largest absolute Gasteiger partial charge is 0.463 e. The van der Waals surface area contributed by atoms with Crippen LogP contribution >= 0.6 is 11.6 Å². The lowest BCUT2D eigenvalue weighted by Crippen LogP contribution is -2.60. The zero-order valence-corrected chi connectivity index (χ0v) is 29.0. The number of ether oxygens (including phenoxy) is 2. The van der Waals surface area contributed by atoms with Crippen molar-refractivity contribution in [2.24, 2.45) is 0 Å². The van der Waals surface area contributed by atoms with Crippen LogP contribution in [0, 0.1) is 0 Å². The minimum atomic E-state index is -2.98. The highest BCUT2D eigenvalue weighted by molar-refractivity contribution is 6.51. The lowest BCUT2D eigenvalue weighted by atomic mass is 9.99. The number of imide groups is 2. The summed E-state index contributed by atoms with van der Waals surface area (Å²) in [5, 5.41) is 2.43. The number of unbranched alkanes of at least 4 members (excludes halogenated alkanes) is 9. The third kappa shape index (κ3) is 10.5. The van der Waals surface area contributed by atoms with Crippen LogP contribution in [0.1, 0.15) is 106 Å². The lowest BCUT2D eigenvalue weighted by molar-refractivity contribution is -0.153. The number of carbonyl (C=O) groups is 7.